The van der Waals surface area contributed by atoms with Gasteiger partial charge in [-0.3, -0.25) is 14.3 Å². The van der Waals surface area contributed by atoms with Gasteiger partial charge in [-0.15, -0.1) is 0 Å². The van der Waals surface area contributed by atoms with Crippen LogP contribution >= 0.6 is 0 Å². The molecule has 0 radical (unpaired) electrons. The van der Waals surface area contributed by atoms with E-state index < -0.39 is 6.10 Å². The number of amides is 2. The highest BCUT2D eigenvalue weighted by molar-refractivity contribution is 5.98. The molecule has 1 aromatic heterocycles. The Morgan fingerprint density at radius 3 is 3.00 bits per heavy atom. The van der Waals surface area contributed by atoms with Gasteiger partial charge in [-0.1, -0.05) is 18.2 Å². The largest absolute Gasteiger partial charge is 0.493 e. The lowest BCUT2D eigenvalue weighted by Gasteiger charge is -2.16. The van der Waals surface area contributed by atoms with Crippen molar-refractivity contribution in [1.82, 2.24) is 20.0 Å². The average Bonchev–Trinajstić information content (AvgIpc) is 3.02. The van der Waals surface area contributed by atoms with Crippen LogP contribution in [0.4, 0.5) is 0 Å². The summed E-state index contributed by atoms with van der Waals surface area (Å²) in [6.45, 7) is 3.33. The molecule has 2 amide bonds. The van der Waals surface area contributed by atoms with E-state index in [1.165, 1.54) is 10.7 Å². The van der Waals surface area contributed by atoms with E-state index in [1.54, 1.807) is 11.9 Å². The summed E-state index contributed by atoms with van der Waals surface area (Å²) in [5.74, 6) is 0.232. The first-order valence-electron chi connectivity index (χ1n) is 8.93. The first-order chi connectivity index (χ1) is 13.0. The third-order valence-corrected chi connectivity index (χ3v) is 4.45. The fraction of sp³-hybridized carbons (Fsp3) is 0.421. The predicted octanol–water partition coefficient (Wildman–Crippen LogP) is 0.837. The number of aliphatic hydroxyl groups excluding tert-OH is 1. The molecule has 1 aliphatic heterocycles. The molecule has 0 fully saturated rings. The van der Waals surface area contributed by atoms with E-state index in [9.17, 15) is 14.7 Å². The van der Waals surface area contributed by atoms with Crippen molar-refractivity contribution in [1.29, 1.82) is 0 Å². The van der Waals surface area contributed by atoms with Gasteiger partial charge in [0, 0.05) is 26.2 Å². The zero-order valence-electron chi connectivity index (χ0n) is 15.5. The molecular weight excluding hydrogens is 348 g/mol. The number of carbonyl (C=O) groups is 2. The van der Waals surface area contributed by atoms with Crippen LogP contribution in [0.15, 0.2) is 30.3 Å². The second kappa shape index (κ2) is 8.22. The van der Waals surface area contributed by atoms with E-state index in [-0.39, 0.29) is 36.3 Å². The smallest absolute Gasteiger partial charge is 0.274 e. The van der Waals surface area contributed by atoms with Gasteiger partial charge in [-0.25, -0.2) is 0 Å². The number of aromatic nitrogens is 2. The summed E-state index contributed by atoms with van der Waals surface area (Å²) >= 11 is 0. The molecule has 3 rings (SSSR count). The van der Waals surface area contributed by atoms with Gasteiger partial charge < -0.3 is 20.1 Å². The number of ether oxygens (including phenoxy) is 1. The second-order valence-electron chi connectivity index (χ2n) is 6.65. The van der Waals surface area contributed by atoms with Crippen LogP contribution in [-0.4, -0.2) is 64.4 Å². The molecule has 0 spiro atoms. The van der Waals surface area contributed by atoms with Crippen molar-refractivity contribution in [2.45, 2.75) is 26.0 Å². The van der Waals surface area contributed by atoms with Crippen molar-refractivity contribution in [2.75, 3.05) is 26.7 Å². The molecular formula is C19H24N4O4. The minimum Gasteiger partial charge on any atom is -0.493 e. The van der Waals surface area contributed by atoms with Crippen LogP contribution in [0.1, 0.15) is 33.0 Å². The quantitative estimate of drug-likeness (QED) is 0.733. The highest BCUT2D eigenvalue weighted by atomic mass is 16.5. The highest BCUT2D eigenvalue weighted by Gasteiger charge is 2.25. The topological polar surface area (TPSA) is 96.7 Å². The Kier molecular flexibility index (Phi) is 5.75. The molecule has 144 valence electrons. The summed E-state index contributed by atoms with van der Waals surface area (Å²) < 4.78 is 7.12. The fourth-order valence-corrected chi connectivity index (χ4v) is 2.91. The summed E-state index contributed by atoms with van der Waals surface area (Å²) in [5, 5.41) is 16.6. The zero-order valence-corrected chi connectivity index (χ0v) is 15.5. The number of carbonyl (C=O) groups excluding carboxylic acids is 2. The van der Waals surface area contributed by atoms with Crippen molar-refractivity contribution in [3.05, 3.63) is 47.3 Å². The van der Waals surface area contributed by atoms with Crippen molar-refractivity contribution < 1.29 is 19.4 Å². The molecule has 8 nitrogen and oxygen atoms in total. The molecule has 0 unspecified atom stereocenters. The standard InChI is InChI=1S/C19H24N4O4/c1-13-6-3-4-7-17(13)27-9-5-8-22(2)19(26)15-10-16-18(25)20-11-14(24)12-23(16)21-15/h3-4,6-7,10,14,24H,5,8-9,11-12H2,1-2H3,(H,20,25)/t14-/m0/s1. The number of aryl methyl sites for hydroxylation is 1. The SMILES string of the molecule is Cc1ccccc1OCCCN(C)C(=O)c1cc2n(n1)C[C@@H](O)CNC2=O. The van der Waals surface area contributed by atoms with Gasteiger partial charge in [-0.2, -0.15) is 5.10 Å². The van der Waals surface area contributed by atoms with Crippen LogP contribution in [0.3, 0.4) is 0 Å². The van der Waals surface area contributed by atoms with E-state index in [0.29, 0.717) is 19.6 Å². The van der Waals surface area contributed by atoms with Crippen LogP contribution < -0.4 is 10.1 Å². The maximum Gasteiger partial charge on any atom is 0.274 e. The molecule has 1 atom stereocenters. The molecule has 0 saturated heterocycles. The van der Waals surface area contributed by atoms with E-state index in [1.807, 2.05) is 31.2 Å². The molecule has 2 aromatic rings. The lowest BCUT2D eigenvalue weighted by Crippen LogP contribution is -2.31. The van der Waals surface area contributed by atoms with E-state index in [2.05, 4.69) is 10.4 Å². The monoisotopic (exact) mass is 372 g/mol. The van der Waals surface area contributed by atoms with Crippen LogP contribution in [0.5, 0.6) is 5.75 Å². The average molecular weight is 372 g/mol. The fourth-order valence-electron chi connectivity index (χ4n) is 2.91. The predicted molar refractivity (Wildman–Crippen MR) is 98.8 cm³/mol. The number of fused-ring (bicyclic) bond motifs is 1. The maximum absolute atomic E-state index is 12.6. The minimum atomic E-state index is -0.727. The number of aliphatic hydroxyl groups is 1. The van der Waals surface area contributed by atoms with Crippen LogP contribution in [0.2, 0.25) is 0 Å². The van der Waals surface area contributed by atoms with Gasteiger partial charge in [0.2, 0.25) is 0 Å². The minimum absolute atomic E-state index is 0.173. The maximum atomic E-state index is 12.6. The van der Waals surface area contributed by atoms with Gasteiger partial charge in [-0.05, 0) is 25.0 Å². The molecule has 0 bridgehead atoms. The number of hydrogen-bond acceptors (Lipinski definition) is 5. The number of nitrogens with one attached hydrogen (secondary N) is 1. The summed E-state index contributed by atoms with van der Waals surface area (Å²) in [4.78, 5) is 26.1. The van der Waals surface area contributed by atoms with Gasteiger partial charge in [0.05, 0.1) is 19.3 Å². The van der Waals surface area contributed by atoms with Crippen molar-refractivity contribution in [3.8, 4) is 5.75 Å². The van der Waals surface area contributed by atoms with E-state index >= 15 is 0 Å². The third kappa shape index (κ3) is 4.46. The summed E-state index contributed by atoms with van der Waals surface area (Å²) in [7, 11) is 1.69. The highest BCUT2D eigenvalue weighted by Crippen LogP contribution is 2.16. The molecule has 2 N–H and O–H groups in total. The molecule has 1 aliphatic rings. The number of benzene rings is 1. The van der Waals surface area contributed by atoms with Crippen molar-refractivity contribution in [2.24, 2.45) is 0 Å². The van der Waals surface area contributed by atoms with Crippen molar-refractivity contribution in [3.63, 3.8) is 0 Å². The first kappa shape index (κ1) is 18.9. The Hall–Kier alpha value is -2.87. The van der Waals surface area contributed by atoms with Crippen LogP contribution in [-0.2, 0) is 6.54 Å². The third-order valence-electron chi connectivity index (χ3n) is 4.45. The molecule has 0 aliphatic carbocycles. The van der Waals surface area contributed by atoms with Gasteiger partial charge >= 0.3 is 0 Å². The van der Waals surface area contributed by atoms with Crippen molar-refractivity contribution >= 4 is 11.8 Å². The summed E-state index contributed by atoms with van der Waals surface area (Å²) in [6.07, 6.45) is -0.0575. The number of β-amino-alcohol motifs (C(OH)–C–C–N with tert-alkyl or cyclic N) is 1. The molecule has 1 aromatic carbocycles. The van der Waals surface area contributed by atoms with E-state index in [0.717, 1.165) is 11.3 Å². The number of hydrogen-bond donors (Lipinski definition) is 2. The van der Waals surface area contributed by atoms with Crippen LogP contribution in [0, 0.1) is 6.92 Å². The summed E-state index contributed by atoms with van der Waals surface area (Å²) in [5.41, 5.74) is 1.55. The van der Waals surface area contributed by atoms with Gasteiger partial charge in [0.1, 0.15) is 11.4 Å². The molecule has 27 heavy (non-hydrogen) atoms. The normalized spacial score (nSPS) is 16.3. The first-order valence-corrected chi connectivity index (χ1v) is 8.93. The Morgan fingerprint density at radius 1 is 1.44 bits per heavy atom. The Morgan fingerprint density at radius 2 is 2.22 bits per heavy atom. The lowest BCUT2D eigenvalue weighted by molar-refractivity contribution is 0.0779. The second-order valence-corrected chi connectivity index (χ2v) is 6.65. The lowest BCUT2D eigenvalue weighted by atomic mass is 10.2. The van der Waals surface area contributed by atoms with Gasteiger partial charge in [0.25, 0.3) is 11.8 Å². The van der Waals surface area contributed by atoms with Gasteiger partial charge in [0.15, 0.2) is 5.69 Å². The molecule has 0 saturated carbocycles. The number of nitrogens with zero attached hydrogens (tertiary/aromatic N) is 3. The Bertz CT molecular complexity index is 833. The number of rotatable bonds is 6. The Labute approximate surface area is 157 Å². The van der Waals surface area contributed by atoms with Crippen LogP contribution in [0.25, 0.3) is 0 Å². The summed E-state index contributed by atoms with van der Waals surface area (Å²) in [6, 6.07) is 9.26. The number of para-hydroxylation sites is 1. The molecule has 2 heterocycles. The molecule has 8 heteroatoms. The zero-order chi connectivity index (χ0) is 19.4. The van der Waals surface area contributed by atoms with E-state index in [4.69, 9.17) is 4.74 Å². The Balaban J connectivity index is 1.55.